The third-order valence-corrected chi connectivity index (χ3v) is 8.32. The zero-order valence-electron chi connectivity index (χ0n) is 21.5. The number of hydrogen-bond acceptors (Lipinski definition) is 5. The average Bonchev–Trinajstić information content (AvgIpc) is 3.07. The first-order valence-corrected chi connectivity index (χ1v) is 12.1. The molecule has 3 aliphatic rings. The maximum atomic E-state index is 14.5. The second-order valence-corrected chi connectivity index (χ2v) is 11.9. The molecule has 2 bridgehead atoms. The van der Waals surface area contributed by atoms with E-state index in [1.807, 2.05) is 39.8 Å². The largest absolute Gasteiger partial charge is 0.490 e. The van der Waals surface area contributed by atoms with Crippen molar-refractivity contribution in [2.24, 2.45) is 28.1 Å². The molecule has 182 valence electrons. The van der Waals surface area contributed by atoms with E-state index in [9.17, 15) is 19.5 Å². The van der Waals surface area contributed by atoms with E-state index < -0.39 is 39.7 Å². The van der Waals surface area contributed by atoms with Gasteiger partial charge in [0, 0.05) is 17.9 Å². The number of rotatable bonds is 7. The van der Waals surface area contributed by atoms with E-state index >= 15 is 0 Å². The lowest BCUT2D eigenvalue weighted by atomic mass is 9.39. The van der Waals surface area contributed by atoms with Crippen molar-refractivity contribution in [2.75, 3.05) is 0 Å². The molecule has 1 spiro atoms. The number of ether oxygens (including phenoxy) is 1. The number of aliphatic hydroxyl groups is 1. The molecule has 0 aromatic heterocycles. The Morgan fingerprint density at radius 3 is 2.33 bits per heavy atom. The molecule has 3 rings (SSSR count). The summed E-state index contributed by atoms with van der Waals surface area (Å²) < 4.78 is 6.29. The summed E-state index contributed by atoms with van der Waals surface area (Å²) in [4.78, 5) is 42.9. The Kier molecular flexibility index (Phi) is 6.24. The summed E-state index contributed by atoms with van der Waals surface area (Å²) in [5.41, 5.74) is -3.47. The van der Waals surface area contributed by atoms with Crippen LogP contribution in [0.2, 0.25) is 0 Å². The molecule has 0 amide bonds. The molecule has 0 radical (unpaired) electrons. The molecule has 0 aromatic carbocycles. The van der Waals surface area contributed by atoms with Crippen molar-refractivity contribution in [3.63, 3.8) is 0 Å². The van der Waals surface area contributed by atoms with E-state index in [0.29, 0.717) is 30.6 Å². The Balaban J connectivity index is 2.41. The molecular formula is C28H40O5. The molecule has 5 heteroatoms. The molecular weight excluding hydrogens is 416 g/mol. The van der Waals surface area contributed by atoms with Gasteiger partial charge in [-0.25, -0.2) is 0 Å². The number of hydrogen-bond donors (Lipinski definition) is 1. The van der Waals surface area contributed by atoms with Gasteiger partial charge in [-0.3, -0.25) is 14.4 Å². The van der Waals surface area contributed by atoms with Crippen molar-refractivity contribution < 1.29 is 24.2 Å². The molecule has 1 N–H and O–H groups in total. The van der Waals surface area contributed by atoms with Gasteiger partial charge in [-0.05, 0) is 58.3 Å². The predicted molar refractivity (Wildman–Crippen MR) is 128 cm³/mol. The van der Waals surface area contributed by atoms with E-state index in [4.69, 9.17) is 4.74 Å². The summed E-state index contributed by atoms with van der Waals surface area (Å²) in [6.07, 6.45) is 4.76. The maximum Gasteiger partial charge on any atom is 0.184 e. The van der Waals surface area contributed by atoms with Crippen LogP contribution in [0.15, 0.2) is 35.6 Å². The minimum Gasteiger partial charge on any atom is -0.490 e. The summed E-state index contributed by atoms with van der Waals surface area (Å²) in [5, 5.41) is 10.8. The summed E-state index contributed by atoms with van der Waals surface area (Å²) in [5.74, 6) is -1.25. The van der Waals surface area contributed by atoms with Crippen LogP contribution in [0.25, 0.3) is 0 Å². The van der Waals surface area contributed by atoms with Gasteiger partial charge in [0.15, 0.2) is 22.8 Å². The molecule has 2 fully saturated rings. The van der Waals surface area contributed by atoms with Crippen molar-refractivity contribution in [1.82, 2.24) is 0 Å². The lowest BCUT2D eigenvalue weighted by Gasteiger charge is -2.59. The lowest BCUT2D eigenvalue weighted by molar-refractivity contribution is -0.176. The van der Waals surface area contributed by atoms with Crippen molar-refractivity contribution >= 4 is 17.3 Å². The summed E-state index contributed by atoms with van der Waals surface area (Å²) in [6, 6.07) is 0. The highest BCUT2D eigenvalue weighted by molar-refractivity contribution is 6.33. The van der Waals surface area contributed by atoms with E-state index in [-0.39, 0.29) is 23.9 Å². The van der Waals surface area contributed by atoms with Gasteiger partial charge in [-0.2, -0.15) is 0 Å². The third kappa shape index (κ3) is 3.41. The fraction of sp³-hybridized carbons (Fsp3) is 0.679. The SMILES string of the molecule is C=CC[C@H]1C[C@]23C[C@@H](C(C)(C)O)OC2=C(CC=C(C)C)C(=O)[C@@](C(=O)C(C)C)(C3=O)C1(C)C. The Bertz CT molecular complexity index is 953. The molecule has 1 saturated heterocycles. The van der Waals surface area contributed by atoms with Gasteiger partial charge >= 0.3 is 0 Å². The van der Waals surface area contributed by atoms with Gasteiger partial charge in [0.2, 0.25) is 0 Å². The van der Waals surface area contributed by atoms with E-state index in [1.54, 1.807) is 27.7 Å². The van der Waals surface area contributed by atoms with Crippen LogP contribution < -0.4 is 0 Å². The summed E-state index contributed by atoms with van der Waals surface area (Å²) in [7, 11) is 0. The van der Waals surface area contributed by atoms with Crippen LogP contribution in [0.5, 0.6) is 0 Å². The summed E-state index contributed by atoms with van der Waals surface area (Å²) >= 11 is 0. The van der Waals surface area contributed by atoms with Gasteiger partial charge in [-0.15, -0.1) is 6.58 Å². The van der Waals surface area contributed by atoms with Crippen LogP contribution in [0.4, 0.5) is 0 Å². The number of allylic oxidation sites excluding steroid dienone is 5. The monoisotopic (exact) mass is 456 g/mol. The first kappa shape index (κ1) is 25.6. The van der Waals surface area contributed by atoms with Crippen LogP contribution in [0.1, 0.15) is 81.1 Å². The number of fused-ring (bicyclic) bond motifs is 1. The van der Waals surface area contributed by atoms with Crippen molar-refractivity contribution in [3.05, 3.63) is 35.6 Å². The number of carbonyl (C=O) groups excluding carboxylic acids is 3. The van der Waals surface area contributed by atoms with Gasteiger partial charge in [0.25, 0.3) is 0 Å². The van der Waals surface area contributed by atoms with Crippen molar-refractivity contribution in [2.45, 2.75) is 92.8 Å². The minimum atomic E-state index is -1.76. The van der Waals surface area contributed by atoms with Crippen LogP contribution in [-0.4, -0.2) is 34.2 Å². The summed E-state index contributed by atoms with van der Waals surface area (Å²) in [6.45, 7) is 18.5. The highest BCUT2D eigenvalue weighted by atomic mass is 16.5. The Morgan fingerprint density at radius 1 is 1.24 bits per heavy atom. The molecule has 1 saturated carbocycles. The molecule has 5 nitrogen and oxygen atoms in total. The van der Waals surface area contributed by atoms with Gasteiger partial charge in [0.05, 0.1) is 11.0 Å². The van der Waals surface area contributed by atoms with Crippen LogP contribution in [0, 0.1) is 28.1 Å². The first-order valence-electron chi connectivity index (χ1n) is 12.1. The normalized spacial score (nSPS) is 33.0. The van der Waals surface area contributed by atoms with Gasteiger partial charge in [0.1, 0.15) is 11.9 Å². The molecule has 1 heterocycles. The van der Waals surface area contributed by atoms with Crippen molar-refractivity contribution in [1.29, 1.82) is 0 Å². The number of carbonyl (C=O) groups is 3. The second kappa shape index (κ2) is 8.04. The maximum absolute atomic E-state index is 14.5. The zero-order valence-corrected chi connectivity index (χ0v) is 21.5. The van der Waals surface area contributed by atoms with Gasteiger partial charge < -0.3 is 9.84 Å². The Labute approximate surface area is 198 Å². The van der Waals surface area contributed by atoms with Crippen LogP contribution in [0.3, 0.4) is 0 Å². The molecule has 1 aliphatic heterocycles. The van der Waals surface area contributed by atoms with Crippen molar-refractivity contribution in [3.8, 4) is 0 Å². The molecule has 0 aromatic rings. The molecule has 4 atom stereocenters. The fourth-order valence-corrected chi connectivity index (χ4v) is 6.33. The Morgan fingerprint density at radius 2 is 1.85 bits per heavy atom. The van der Waals surface area contributed by atoms with Crippen LogP contribution >= 0.6 is 0 Å². The quantitative estimate of drug-likeness (QED) is 0.424. The number of ketones is 3. The molecule has 0 unspecified atom stereocenters. The van der Waals surface area contributed by atoms with E-state index in [1.165, 1.54) is 0 Å². The second-order valence-electron chi connectivity index (χ2n) is 11.9. The predicted octanol–water partition coefficient (Wildman–Crippen LogP) is 5.13. The highest BCUT2D eigenvalue weighted by Crippen LogP contribution is 2.68. The van der Waals surface area contributed by atoms with Crippen LogP contribution in [-0.2, 0) is 19.1 Å². The Hall–Kier alpha value is -2.01. The highest BCUT2D eigenvalue weighted by Gasteiger charge is 2.77. The van der Waals surface area contributed by atoms with Gasteiger partial charge in [-0.1, -0.05) is 45.4 Å². The first-order chi connectivity index (χ1) is 15.1. The topological polar surface area (TPSA) is 80.7 Å². The molecule has 33 heavy (non-hydrogen) atoms. The zero-order chi connectivity index (χ0) is 25.1. The number of Topliss-reactive ketones (excluding diaryl/α,β-unsaturated/α-hetero) is 3. The van der Waals surface area contributed by atoms with E-state index in [2.05, 4.69) is 6.58 Å². The minimum absolute atomic E-state index is 0.108. The fourth-order valence-electron chi connectivity index (χ4n) is 6.33. The molecule has 2 aliphatic carbocycles. The average molecular weight is 457 g/mol. The van der Waals surface area contributed by atoms with E-state index in [0.717, 1.165) is 5.57 Å². The standard InChI is InChI=1S/C28H40O5/c1-10-11-18-14-27-15-20(26(8,9)32)33-23(27)19(13-12-16(2)3)22(30)28(24(27)31,25(18,6)7)21(29)17(4)5/h10,12,17-18,20,32H,1,11,13-15H2,2-9H3/t18-,20-,27-,28-/m0/s1. The smallest absolute Gasteiger partial charge is 0.184 e. The third-order valence-electron chi connectivity index (χ3n) is 8.32. The lowest BCUT2D eigenvalue weighted by Crippen LogP contribution is -2.69.